The van der Waals surface area contributed by atoms with Gasteiger partial charge in [0.2, 0.25) is 0 Å². The van der Waals surface area contributed by atoms with Crippen LogP contribution in [0.5, 0.6) is 0 Å². The molecule has 0 spiro atoms. The van der Waals surface area contributed by atoms with Gasteiger partial charge in [0.25, 0.3) is 6.29 Å². The van der Waals surface area contributed by atoms with Gasteiger partial charge >= 0.3 is 11.9 Å². The Morgan fingerprint density at radius 3 is 2.04 bits per heavy atom. The summed E-state index contributed by atoms with van der Waals surface area (Å²) in [5.74, 6) is -0.962. The Morgan fingerprint density at radius 1 is 1.04 bits per heavy atom. The van der Waals surface area contributed by atoms with Crippen LogP contribution in [0.3, 0.4) is 0 Å². The van der Waals surface area contributed by atoms with E-state index in [4.69, 9.17) is 9.47 Å². The van der Waals surface area contributed by atoms with E-state index in [2.05, 4.69) is 19.1 Å². The molecule has 0 aliphatic rings. The van der Waals surface area contributed by atoms with Crippen molar-refractivity contribution in [3.63, 3.8) is 0 Å². The van der Waals surface area contributed by atoms with E-state index < -0.39 is 18.2 Å². The second-order valence-corrected chi connectivity index (χ2v) is 5.47. The molecule has 126 valence electrons. The average molecular weight is 318 g/mol. The fraction of sp³-hybridized carbons (Fsp3) is 0.474. The van der Waals surface area contributed by atoms with E-state index >= 15 is 0 Å². The van der Waals surface area contributed by atoms with Crippen LogP contribution >= 0.6 is 0 Å². The number of benzene rings is 1. The lowest BCUT2D eigenvalue weighted by Gasteiger charge is -2.19. The molecule has 0 atom stereocenters. The smallest absolute Gasteiger partial charge is 0.305 e. The van der Waals surface area contributed by atoms with Crippen molar-refractivity contribution >= 4 is 18.0 Å². The minimum absolute atomic E-state index is 0.481. The summed E-state index contributed by atoms with van der Waals surface area (Å²) in [5.41, 5.74) is 3.04. The van der Waals surface area contributed by atoms with Crippen molar-refractivity contribution in [3.05, 3.63) is 41.0 Å². The van der Waals surface area contributed by atoms with E-state index in [1.54, 1.807) is 0 Å². The first-order valence-corrected chi connectivity index (χ1v) is 8.10. The largest absolute Gasteiger partial charge is 0.421 e. The number of aryl methyl sites for hydroxylation is 1. The van der Waals surface area contributed by atoms with Gasteiger partial charge in [0.05, 0.1) is 0 Å². The SMILES string of the molecule is CCCCc1ccc(/C=C(\CC)C(OC(C)=O)OC(C)=O)cc1. The molecule has 0 radical (unpaired) electrons. The molecule has 0 N–H and O–H groups in total. The van der Waals surface area contributed by atoms with Gasteiger partial charge in [-0.2, -0.15) is 0 Å². The molecule has 0 bridgehead atoms. The summed E-state index contributed by atoms with van der Waals surface area (Å²) >= 11 is 0. The quantitative estimate of drug-likeness (QED) is 0.530. The Hall–Kier alpha value is -2.10. The number of rotatable bonds is 8. The van der Waals surface area contributed by atoms with E-state index in [-0.39, 0.29) is 0 Å². The highest BCUT2D eigenvalue weighted by atomic mass is 16.7. The normalized spacial score (nSPS) is 11.4. The van der Waals surface area contributed by atoms with E-state index in [1.165, 1.54) is 32.3 Å². The van der Waals surface area contributed by atoms with Crippen molar-refractivity contribution in [2.45, 2.75) is 59.7 Å². The Kier molecular flexibility index (Phi) is 8.09. The highest BCUT2D eigenvalue weighted by Crippen LogP contribution is 2.19. The van der Waals surface area contributed by atoms with Crippen molar-refractivity contribution in [3.8, 4) is 0 Å². The Morgan fingerprint density at radius 2 is 1.61 bits per heavy atom. The minimum Gasteiger partial charge on any atom is -0.421 e. The summed E-state index contributed by atoms with van der Waals surface area (Å²) in [6.45, 7) is 6.70. The molecule has 0 aliphatic heterocycles. The van der Waals surface area contributed by atoms with Crippen LogP contribution in [-0.2, 0) is 25.5 Å². The van der Waals surface area contributed by atoms with Gasteiger partial charge in [0.15, 0.2) is 0 Å². The highest BCUT2D eigenvalue weighted by Gasteiger charge is 2.19. The molecule has 0 saturated heterocycles. The number of carbonyl (C=O) groups is 2. The lowest BCUT2D eigenvalue weighted by molar-refractivity contribution is -0.178. The molecule has 0 amide bonds. The van der Waals surface area contributed by atoms with Crippen LogP contribution in [0, 0.1) is 0 Å². The predicted octanol–water partition coefficient (Wildman–Crippen LogP) is 4.27. The molecule has 4 heteroatoms. The summed E-state index contributed by atoms with van der Waals surface area (Å²) in [6, 6.07) is 8.25. The van der Waals surface area contributed by atoms with Crippen molar-refractivity contribution < 1.29 is 19.1 Å². The van der Waals surface area contributed by atoms with Gasteiger partial charge in [-0.05, 0) is 36.5 Å². The summed E-state index contributed by atoms with van der Waals surface area (Å²) in [4.78, 5) is 22.4. The first-order valence-electron chi connectivity index (χ1n) is 8.10. The number of hydrogen-bond acceptors (Lipinski definition) is 4. The predicted molar refractivity (Wildman–Crippen MR) is 90.6 cm³/mol. The van der Waals surface area contributed by atoms with Crippen LogP contribution in [0.4, 0.5) is 0 Å². The summed E-state index contributed by atoms with van der Waals surface area (Å²) in [7, 11) is 0. The van der Waals surface area contributed by atoms with Gasteiger partial charge in [-0.3, -0.25) is 9.59 Å². The van der Waals surface area contributed by atoms with Crippen LogP contribution < -0.4 is 0 Å². The minimum atomic E-state index is -0.963. The molecule has 23 heavy (non-hydrogen) atoms. The monoisotopic (exact) mass is 318 g/mol. The maximum absolute atomic E-state index is 11.2. The Labute approximate surface area is 138 Å². The number of unbranched alkanes of at least 4 members (excludes halogenated alkanes) is 1. The highest BCUT2D eigenvalue weighted by molar-refractivity contribution is 5.69. The number of hydrogen-bond donors (Lipinski definition) is 0. The maximum Gasteiger partial charge on any atom is 0.305 e. The second-order valence-electron chi connectivity index (χ2n) is 5.47. The number of esters is 2. The van der Waals surface area contributed by atoms with E-state index in [0.29, 0.717) is 6.42 Å². The second kappa shape index (κ2) is 9.82. The lowest BCUT2D eigenvalue weighted by Crippen LogP contribution is -2.24. The van der Waals surface area contributed by atoms with Crippen LogP contribution in [0.25, 0.3) is 6.08 Å². The molecule has 0 aliphatic carbocycles. The van der Waals surface area contributed by atoms with E-state index in [9.17, 15) is 9.59 Å². The van der Waals surface area contributed by atoms with Crippen LogP contribution in [0.2, 0.25) is 0 Å². The van der Waals surface area contributed by atoms with Crippen LogP contribution in [0.1, 0.15) is 58.1 Å². The lowest BCUT2D eigenvalue weighted by atomic mass is 10.0. The van der Waals surface area contributed by atoms with Gasteiger partial charge in [-0.25, -0.2) is 0 Å². The fourth-order valence-electron chi connectivity index (χ4n) is 2.19. The van der Waals surface area contributed by atoms with Crippen LogP contribution in [0.15, 0.2) is 29.8 Å². The van der Waals surface area contributed by atoms with Gasteiger partial charge in [0.1, 0.15) is 0 Å². The van der Waals surface area contributed by atoms with Crippen molar-refractivity contribution in [1.82, 2.24) is 0 Å². The molecule has 0 aromatic heterocycles. The zero-order chi connectivity index (χ0) is 17.2. The van der Waals surface area contributed by atoms with Crippen molar-refractivity contribution in [2.75, 3.05) is 0 Å². The Bertz CT molecular complexity index is 527. The summed E-state index contributed by atoms with van der Waals surface area (Å²) < 4.78 is 10.2. The Balaban J connectivity index is 2.93. The summed E-state index contributed by atoms with van der Waals surface area (Å²) in [5, 5.41) is 0. The van der Waals surface area contributed by atoms with Crippen molar-refractivity contribution in [2.24, 2.45) is 0 Å². The zero-order valence-electron chi connectivity index (χ0n) is 14.4. The molecule has 0 unspecified atom stereocenters. The molecule has 0 saturated carbocycles. The summed E-state index contributed by atoms with van der Waals surface area (Å²) in [6.07, 6.45) is 4.98. The third-order valence-electron chi connectivity index (χ3n) is 3.41. The van der Waals surface area contributed by atoms with Gasteiger partial charge < -0.3 is 9.47 Å². The molecule has 1 aromatic rings. The fourth-order valence-corrected chi connectivity index (χ4v) is 2.19. The zero-order valence-corrected chi connectivity index (χ0v) is 14.4. The van der Waals surface area contributed by atoms with Gasteiger partial charge in [0, 0.05) is 19.4 Å². The molecular formula is C19H26O4. The molecule has 1 aromatic carbocycles. The molecule has 1 rings (SSSR count). The molecule has 4 nitrogen and oxygen atoms in total. The van der Waals surface area contributed by atoms with Crippen LogP contribution in [-0.4, -0.2) is 18.2 Å². The molecule has 0 heterocycles. The average Bonchev–Trinajstić information content (AvgIpc) is 2.50. The first-order chi connectivity index (χ1) is 11.0. The number of carbonyl (C=O) groups excluding carboxylic acids is 2. The third-order valence-corrected chi connectivity index (χ3v) is 3.41. The molecule has 0 fully saturated rings. The van der Waals surface area contributed by atoms with Crippen molar-refractivity contribution in [1.29, 1.82) is 0 Å². The third kappa shape index (κ3) is 7.13. The first kappa shape index (κ1) is 18.9. The van der Waals surface area contributed by atoms with E-state index in [0.717, 1.165) is 17.6 Å². The maximum atomic E-state index is 11.2. The van der Waals surface area contributed by atoms with Gasteiger partial charge in [-0.15, -0.1) is 0 Å². The topological polar surface area (TPSA) is 52.6 Å². The standard InChI is InChI=1S/C19H26O4/c1-5-7-8-16-9-11-17(12-10-16)13-18(6-2)19(22-14(3)20)23-15(4)21/h9-13,19H,5-8H2,1-4H3/b18-13+. The molecular weight excluding hydrogens is 292 g/mol. The van der Waals surface area contributed by atoms with E-state index in [1.807, 2.05) is 25.1 Å². The van der Waals surface area contributed by atoms with Gasteiger partial charge in [-0.1, -0.05) is 44.5 Å². The number of ether oxygens (including phenoxy) is 2.